The van der Waals surface area contributed by atoms with Crippen molar-refractivity contribution in [2.45, 2.75) is 44.9 Å². The summed E-state index contributed by atoms with van der Waals surface area (Å²) in [6.07, 6.45) is 4.88. The van der Waals surface area contributed by atoms with Crippen LogP contribution in [0.3, 0.4) is 0 Å². The molecule has 0 bridgehead atoms. The number of aromatic hydroxyl groups is 1. The van der Waals surface area contributed by atoms with E-state index in [9.17, 15) is 18.3 Å². The summed E-state index contributed by atoms with van der Waals surface area (Å²) in [4.78, 5) is 21.5. The van der Waals surface area contributed by atoms with E-state index in [0.29, 0.717) is 29.7 Å². The molecule has 252 valence electrons. The number of nitrogens with two attached hydrogens (primary N) is 1. The third-order valence-electron chi connectivity index (χ3n) is 9.03. The minimum Gasteiger partial charge on any atom is -0.508 e. The van der Waals surface area contributed by atoms with Gasteiger partial charge < -0.3 is 25.2 Å². The molecule has 7 rings (SSSR count). The van der Waals surface area contributed by atoms with Gasteiger partial charge in [-0.2, -0.15) is 9.97 Å². The molecular weight excluding hydrogens is 642 g/mol. The molecule has 49 heavy (non-hydrogen) atoms. The molecule has 10 nitrogen and oxygen atoms in total. The number of hydrogen-bond acceptors (Lipinski definition) is 10. The minimum atomic E-state index is -2.50. The fourth-order valence-corrected chi connectivity index (χ4v) is 6.55. The summed E-state index contributed by atoms with van der Waals surface area (Å²) < 4.78 is 70.5. The van der Waals surface area contributed by atoms with Crippen molar-refractivity contribution in [3.05, 3.63) is 65.4 Å². The first-order valence-corrected chi connectivity index (χ1v) is 15.7. The van der Waals surface area contributed by atoms with Gasteiger partial charge in [0.05, 0.1) is 24.7 Å². The number of phenols is 1. The molecule has 0 spiro atoms. The first-order chi connectivity index (χ1) is 23.5. The summed E-state index contributed by atoms with van der Waals surface area (Å²) in [5.41, 5.74) is 6.30. The number of hydrogen-bond donors (Lipinski definition) is 2. The first-order valence-electron chi connectivity index (χ1n) is 15.7. The van der Waals surface area contributed by atoms with Gasteiger partial charge in [-0.15, -0.1) is 6.42 Å². The molecule has 0 radical (unpaired) electrons. The molecule has 3 N–H and O–H groups in total. The summed E-state index contributed by atoms with van der Waals surface area (Å²) in [6, 6.07) is 7.87. The smallest absolute Gasteiger partial charge is 0.319 e. The van der Waals surface area contributed by atoms with E-state index >= 15 is 4.39 Å². The van der Waals surface area contributed by atoms with Gasteiger partial charge >= 0.3 is 6.01 Å². The van der Waals surface area contributed by atoms with Crippen LogP contribution in [0.4, 0.5) is 29.2 Å². The Hall–Kier alpha value is -5.42. The fraction of sp³-hybridized carbons (Fsp3) is 0.314. The molecule has 0 aliphatic carbocycles. The zero-order chi connectivity index (χ0) is 34.6. The SMILES string of the molecule is C#Cc1c(F)ccc2cc(O)cc(-c3nc4c5c(nc(OC[C@@H]6CCN6CC(F)F)nc5c3F)N(C(C)c3cccnc3N)C[C@H](C)O4)c12. The highest BCUT2D eigenvalue weighted by Gasteiger charge is 2.35. The van der Waals surface area contributed by atoms with E-state index in [4.69, 9.17) is 26.6 Å². The highest BCUT2D eigenvalue weighted by molar-refractivity contribution is 6.04. The first kappa shape index (κ1) is 32.1. The second-order valence-electron chi connectivity index (χ2n) is 12.2. The maximum atomic E-state index is 17.0. The van der Waals surface area contributed by atoms with Crippen LogP contribution in [-0.2, 0) is 0 Å². The van der Waals surface area contributed by atoms with Crippen LogP contribution >= 0.6 is 0 Å². The van der Waals surface area contributed by atoms with Gasteiger partial charge in [-0.25, -0.2) is 27.5 Å². The number of fused-ring (bicyclic) bond motifs is 1. The third kappa shape index (κ3) is 5.73. The van der Waals surface area contributed by atoms with Crippen LogP contribution in [0.5, 0.6) is 17.6 Å². The molecule has 0 saturated carbocycles. The Balaban J connectivity index is 1.45. The summed E-state index contributed by atoms with van der Waals surface area (Å²) >= 11 is 0. The van der Waals surface area contributed by atoms with Crippen LogP contribution in [0.25, 0.3) is 32.9 Å². The number of alkyl halides is 2. The maximum absolute atomic E-state index is 17.0. The number of benzene rings is 2. The summed E-state index contributed by atoms with van der Waals surface area (Å²) in [5, 5.41) is 11.3. The zero-order valence-electron chi connectivity index (χ0n) is 26.5. The summed E-state index contributed by atoms with van der Waals surface area (Å²) in [5.74, 6) is 0.999. The lowest BCUT2D eigenvalue weighted by molar-refractivity contribution is -0.00331. The lowest BCUT2D eigenvalue weighted by Gasteiger charge is -2.40. The molecule has 1 unspecified atom stereocenters. The molecule has 3 aromatic heterocycles. The molecule has 2 aliphatic heterocycles. The molecule has 1 saturated heterocycles. The normalized spacial score (nSPS) is 18.2. The number of phenolic OH excluding ortho intramolecular Hbond substituents is 1. The largest absolute Gasteiger partial charge is 0.508 e. The van der Waals surface area contributed by atoms with Gasteiger partial charge in [-0.3, -0.25) is 4.90 Å². The van der Waals surface area contributed by atoms with Crippen LogP contribution < -0.4 is 20.1 Å². The number of aromatic nitrogens is 4. The van der Waals surface area contributed by atoms with Crippen molar-refractivity contribution in [3.63, 3.8) is 0 Å². The highest BCUT2D eigenvalue weighted by Crippen LogP contribution is 2.45. The summed E-state index contributed by atoms with van der Waals surface area (Å²) in [7, 11) is 0. The molecule has 5 aromatic rings. The van der Waals surface area contributed by atoms with Gasteiger partial charge in [-0.05, 0) is 49.9 Å². The van der Waals surface area contributed by atoms with Gasteiger partial charge in [0.2, 0.25) is 5.88 Å². The van der Waals surface area contributed by atoms with Crippen LogP contribution in [0.2, 0.25) is 0 Å². The van der Waals surface area contributed by atoms with Crippen molar-refractivity contribution in [3.8, 4) is 41.2 Å². The Labute approximate surface area is 278 Å². The lowest BCUT2D eigenvalue weighted by atomic mass is 9.95. The Morgan fingerprint density at radius 1 is 1.16 bits per heavy atom. The number of ether oxygens (including phenoxy) is 2. The van der Waals surface area contributed by atoms with E-state index < -0.39 is 36.8 Å². The van der Waals surface area contributed by atoms with Crippen molar-refractivity contribution in [1.82, 2.24) is 24.8 Å². The molecule has 14 heteroatoms. The lowest BCUT2D eigenvalue weighted by Crippen LogP contribution is -2.52. The van der Waals surface area contributed by atoms with E-state index in [2.05, 4.69) is 20.9 Å². The van der Waals surface area contributed by atoms with Crippen molar-refractivity contribution >= 4 is 33.3 Å². The number of rotatable bonds is 8. The van der Waals surface area contributed by atoms with Gasteiger partial charge in [0.25, 0.3) is 6.43 Å². The topological polar surface area (TPSA) is 123 Å². The van der Waals surface area contributed by atoms with Crippen molar-refractivity contribution < 1.29 is 32.1 Å². The molecule has 2 aromatic carbocycles. The molecule has 5 heterocycles. The van der Waals surface area contributed by atoms with Crippen LogP contribution in [0.1, 0.15) is 37.4 Å². The van der Waals surface area contributed by atoms with Crippen molar-refractivity contribution in [2.24, 2.45) is 0 Å². The van der Waals surface area contributed by atoms with Crippen LogP contribution in [0.15, 0.2) is 42.6 Å². The van der Waals surface area contributed by atoms with Crippen molar-refractivity contribution in [2.75, 3.05) is 36.9 Å². The van der Waals surface area contributed by atoms with E-state index in [-0.39, 0.29) is 75.8 Å². The Morgan fingerprint density at radius 2 is 1.98 bits per heavy atom. The Kier molecular flexibility index (Phi) is 8.23. The second kappa shape index (κ2) is 12.6. The number of nitrogens with zero attached hydrogens (tertiary/aromatic N) is 6. The van der Waals surface area contributed by atoms with E-state index in [1.54, 1.807) is 17.2 Å². The summed E-state index contributed by atoms with van der Waals surface area (Å²) in [6.45, 7) is 4.05. The quantitative estimate of drug-likeness (QED) is 0.153. The zero-order valence-corrected chi connectivity index (χ0v) is 26.5. The highest BCUT2D eigenvalue weighted by atomic mass is 19.3. The predicted molar refractivity (Wildman–Crippen MR) is 176 cm³/mol. The number of pyridine rings is 2. The van der Waals surface area contributed by atoms with Crippen molar-refractivity contribution in [1.29, 1.82) is 0 Å². The number of anilines is 2. The van der Waals surface area contributed by atoms with Crippen LogP contribution in [0, 0.1) is 24.0 Å². The monoisotopic (exact) mass is 673 g/mol. The average molecular weight is 674 g/mol. The molecular formula is C35H31F4N7O3. The number of terminal acetylenes is 1. The van der Waals surface area contributed by atoms with Crippen LogP contribution in [-0.4, -0.2) is 74.8 Å². The standard InChI is InChI=1S/C35H31F4N7O3/c1-4-22-25(36)8-7-19-12-21(47)13-24(27(19)22)30-29(39)31-28-33(44-35(43-31)48-16-20-9-11-45(20)15-26(37)38)46(14-17(2)49-34(28)42-30)18(3)23-6-5-10-41-32(23)40/h1,5-8,10,12-13,17-18,20,26,47H,9,11,14-16H2,2-3H3,(H2,40,41)/t17-,18?,20-/m0/s1. The van der Waals surface area contributed by atoms with Gasteiger partial charge in [0.1, 0.15) is 52.5 Å². The minimum absolute atomic E-state index is 0.00781. The number of likely N-dealkylation sites (tertiary alicyclic amines) is 1. The average Bonchev–Trinajstić information content (AvgIpc) is 3.20. The molecule has 2 aliphatic rings. The van der Waals surface area contributed by atoms with E-state index in [1.807, 2.05) is 24.8 Å². The molecule has 0 amide bonds. The van der Waals surface area contributed by atoms with Gasteiger partial charge in [0, 0.05) is 35.3 Å². The Bertz CT molecular complexity index is 2140. The third-order valence-corrected chi connectivity index (χ3v) is 9.03. The maximum Gasteiger partial charge on any atom is 0.319 e. The predicted octanol–water partition coefficient (Wildman–Crippen LogP) is 5.85. The van der Waals surface area contributed by atoms with E-state index in [0.717, 1.165) is 0 Å². The Morgan fingerprint density at radius 3 is 2.69 bits per heavy atom. The molecule has 3 atom stereocenters. The van der Waals surface area contributed by atoms with Gasteiger partial charge in [-0.1, -0.05) is 18.1 Å². The number of nitrogen functional groups attached to an aromatic ring is 1. The van der Waals surface area contributed by atoms with Gasteiger partial charge in [0.15, 0.2) is 5.82 Å². The second-order valence-corrected chi connectivity index (χ2v) is 12.2. The fourth-order valence-electron chi connectivity index (χ4n) is 6.55. The number of halogens is 4. The molecule has 1 fully saturated rings. The van der Waals surface area contributed by atoms with E-state index in [1.165, 1.54) is 24.3 Å².